The van der Waals surface area contributed by atoms with Gasteiger partial charge in [-0.3, -0.25) is 9.69 Å². The van der Waals surface area contributed by atoms with Gasteiger partial charge in [-0.2, -0.15) is 13.7 Å². The van der Waals surface area contributed by atoms with Gasteiger partial charge in [0.2, 0.25) is 11.8 Å². The van der Waals surface area contributed by atoms with E-state index >= 15 is 0 Å². The standard InChI is InChI=1S/C16H13FN2O4S/c17-24(21,22)10-11-6-15(20)19(9-11)16-13(8-18)7-14(23-16)12-4-2-1-3-5-12/h1-5,7,11H,6,9-10H2. The Morgan fingerprint density at radius 1 is 1.33 bits per heavy atom. The quantitative estimate of drug-likeness (QED) is 0.792. The van der Waals surface area contributed by atoms with Crippen LogP contribution in [0.5, 0.6) is 0 Å². The van der Waals surface area contributed by atoms with Crippen molar-refractivity contribution in [2.45, 2.75) is 6.42 Å². The second kappa shape index (κ2) is 6.09. The van der Waals surface area contributed by atoms with Crippen molar-refractivity contribution < 1.29 is 21.5 Å². The van der Waals surface area contributed by atoms with Gasteiger partial charge in [-0.15, -0.1) is 3.89 Å². The Labute approximate surface area is 138 Å². The van der Waals surface area contributed by atoms with E-state index in [0.717, 1.165) is 5.56 Å². The Balaban J connectivity index is 1.91. The molecule has 1 fully saturated rings. The Bertz CT molecular complexity index is 915. The van der Waals surface area contributed by atoms with Crippen LogP contribution >= 0.6 is 0 Å². The van der Waals surface area contributed by atoms with Gasteiger partial charge in [-0.05, 0) is 0 Å². The summed E-state index contributed by atoms with van der Waals surface area (Å²) in [5.74, 6) is -1.28. The van der Waals surface area contributed by atoms with Crippen molar-refractivity contribution >= 4 is 22.0 Å². The lowest BCUT2D eigenvalue weighted by molar-refractivity contribution is -0.117. The number of benzene rings is 1. The zero-order valence-corrected chi connectivity index (χ0v) is 13.3. The van der Waals surface area contributed by atoms with Crippen molar-refractivity contribution in [2.24, 2.45) is 5.92 Å². The largest absolute Gasteiger partial charge is 0.439 e. The number of amides is 1. The van der Waals surface area contributed by atoms with E-state index in [1.54, 1.807) is 12.1 Å². The van der Waals surface area contributed by atoms with Crippen LogP contribution in [0.4, 0.5) is 9.77 Å². The summed E-state index contributed by atoms with van der Waals surface area (Å²) in [5.41, 5.74) is 0.917. The molecular formula is C16H13FN2O4S. The summed E-state index contributed by atoms with van der Waals surface area (Å²) < 4.78 is 40.1. The van der Waals surface area contributed by atoms with Gasteiger partial charge in [-0.1, -0.05) is 30.3 Å². The molecule has 0 saturated carbocycles. The van der Waals surface area contributed by atoms with Crippen LogP contribution in [-0.2, 0) is 15.0 Å². The number of nitriles is 1. The minimum atomic E-state index is -4.66. The maximum atomic E-state index is 12.8. The molecule has 1 unspecified atom stereocenters. The molecule has 1 saturated heterocycles. The molecule has 1 atom stereocenters. The third-order valence-corrected chi connectivity index (χ3v) is 4.65. The summed E-state index contributed by atoms with van der Waals surface area (Å²) >= 11 is 0. The number of furan rings is 1. The summed E-state index contributed by atoms with van der Waals surface area (Å²) in [5, 5.41) is 9.27. The van der Waals surface area contributed by atoms with Gasteiger partial charge in [0.1, 0.15) is 17.4 Å². The summed E-state index contributed by atoms with van der Waals surface area (Å²) in [6.45, 7) is -0.00158. The molecule has 2 heterocycles. The number of carbonyl (C=O) groups is 1. The molecule has 1 aromatic carbocycles. The zero-order valence-electron chi connectivity index (χ0n) is 12.5. The maximum absolute atomic E-state index is 12.8. The lowest BCUT2D eigenvalue weighted by atomic mass is 10.1. The molecule has 8 heteroatoms. The van der Waals surface area contributed by atoms with E-state index in [4.69, 9.17) is 4.42 Å². The first-order valence-electron chi connectivity index (χ1n) is 7.19. The molecule has 1 aromatic heterocycles. The van der Waals surface area contributed by atoms with E-state index in [1.165, 1.54) is 11.0 Å². The topological polar surface area (TPSA) is 91.4 Å². The van der Waals surface area contributed by atoms with Crippen LogP contribution in [0.3, 0.4) is 0 Å². The fraction of sp³-hybridized carbons (Fsp3) is 0.250. The molecule has 0 aliphatic carbocycles. The number of hydrogen-bond acceptors (Lipinski definition) is 5. The first-order chi connectivity index (χ1) is 11.4. The normalized spacial score (nSPS) is 17.9. The molecule has 0 spiro atoms. The van der Waals surface area contributed by atoms with Crippen LogP contribution in [0.25, 0.3) is 11.3 Å². The average Bonchev–Trinajstić information content (AvgIpc) is 3.09. The Morgan fingerprint density at radius 2 is 2.04 bits per heavy atom. The molecular weight excluding hydrogens is 335 g/mol. The third kappa shape index (κ3) is 3.31. The van der Waals surface area contributed by atoms with Crippen molar-refractivity contribution in [3.63, 3.8) is 0 Å². The second-order valence-corrected chi connectivity index (χ2v) is 7.00. The van der Waals surface area contributed by atoms with Crippen LogP contribution in [0, 0.1) is 17.2 Å². The molecule has 3 rings (SSSR count). The van der Waals surface area contributed by atoms with Crippen molar-refractivity contribution in [1.82, 2.24) is 0 Å². The molecule has 0 bridgehead atoms. The number of hydrogen-bond donors (Lipinski definition) is 0. The van der Waals surface area contributed by atoms with Gasteiger partial charge in [0.15, 0.2) is 0 Å². The molecule has 1 aliphatic heterocycles. The molecule has 0 radical (unpaired) electrons. The van der Waals surface area contributed by atoms with Crippen LogP contribution in [0.15, 0.2) is 40.8 Å². The predicted octanol–water partition coefficient (Wildman–Crippen LogP) is 2.47. The van der Waals surface area contributed by atoms with Gasteiger partial charge < -0.3 is 4.42 Å². The van der Waals surface area contributed by atoms with Crippen LogP contribution in [-0.4, -0.2) is 26.6 Å². The molecule has 1 aliphatic rings. The molecule has 24 heavy (non-hydrogen) atoms. The van der Waals surface area contributed by atoms with Crippen LogP contribution < -0.4 is 4.90 Å². The summed E-state index contributed by atoms with van der Waals surface area (Å²) in [7, 11) is -4.66. The van der Waals surface area contributed by atoms with E-state index in [9.17, 15) is 22.4 Å². The van der Waals surface area contributed by atoms with E-state index in [1.807, 2.05) is 24.3 Å². The van der Waals surface area contributed by atoms with Gasteiger partial charge in [-0.25, -0.2) is 0 Å². The van der Waals surface area contributed by atoms with E-state index in [0.29, 0.717) is 5.76 Å². The minimum Gasteiger partial charge on any atom is -0.439 e. The van der Waals surface area contributed by atoms with Crippen molar-refractivity contribution in [1.29, 1.82) is 5.26 Å². The highest BCUT2D eigenvalue weighted by Gasteiger charge is 2.36. The monoisotopic (exact) mass is 348 g/mol. The first-order valence-corrected chi connectivity index (χ1v) is 8.74. The maximum Gasteiger partial charge on any atom is 0.302 e. The molecule has 124 valence electrons. The van der Waals surface area contributed by atoms with Crippen molar-refractivity contribution in [3.05, 3.63) is 42.0 Å². The zero-order chi connectivity index (χ0) is 17.3. The smallest absolute Gasteiger partial charge is 0.302 e. The number of anilines is 1. The van der Waals surface area contributed by atoms with Crippen molar-refractivity contribution in [3.8, 4) is 17.4 Å². The summed E-state index contributed by atoms with van der Waals surface area (Å²) in [6, 6.07) is 12.6. The average molecular weight is 348 g/mol. The van der Waals surface area contributed by atoms with E-state index in [2.05, 4.69) is 0 Å². The molecule has 1 amide bonds. The second-order valence-electron chi connectivity index (χ2n) is 5.59. The summed E-state index contributed by atoms with van der Waals surface area (Å²) in [4.78, 5) is 13.3. The third-order valence-electron chi connectivity index (χ3n) is 3.78. The number of carbonyl (C=O) groups excluding carboxylic acids is 1. The van der Waals surface area contributed by atoms with Gasteiger partial charge in [0.25, 0.3) is 0 Å². The fourth-order valence-electron chi connectivity index (χ4n) is 2.78. The summed E-state index contributed by atoms with van der Waals surface area (Å²) in [6.07, 6.45) is -0.102. The van der Waals surface area contributed by atoms with Crippen LogP contribution in [0.2, 0.25) is 0 Å². The number of nitrogens with zero attached hydrogens (tertiary/aromatic N) is 2. The highest BCUT2D eigenvalue weighted by molar-refractivity contribution is 7.86. The predicted molar refractivity (Wildman–Crippen MR) is 84.2 cm³/mol. The Hall–Kier alpha value is -2.66. The SMILES string of the molecule is N#Cc1cc(-c2ccccc2)oc1N1CC(CS(=O)(=O)F)CC1=O. The number of halogens is 1. The first kappa shape index (κ1) is 16.2. The molecule has 2 aromatic rings. The minimum absolute atomic E-state index is 0.00158. The highest BCUT2D eigenvalue weighted by Crippen LogP contribution is 2.34. The number of rotatable bonds is 4. The Morgan fingerprint density at radius 3 is 2.67 bits per heavy atom. The van der Waals surface area contributed by atoms with Gasteiger partial charge in [0.05, 0.1) is 5.75 Å². The molecule has 6 nitrogen and oxygen atoms in total. The van der Waals surface area contributed by atoms with Gasteiger partial charge >= 0.3 is 10.2 Å². The lowest BCUT2D eigenvalue weighted by Crippen LogP contribution is -2.25. The lowest BCUT2D eigenvalue weighted by Gasteiger charge is -2.13. The van der Waals surface area contributed by atoms with Crippen LogP contribution in [0.1, 0.15) is 12.0 Å². The molecule has 0 N–H and O–H groups in total. The van der Waals surface area contributed by atoms with E-state index in [-0.39, 0.29) is 24.4 Å². The Kier molecular flexibility index (Phi) is 4.11. The fourth-order valence-corrected chi connectivity index (χ4v) is 3.56. The van der Waals surface area contributed by atoms with E-state index < -0.39 is 27.8 Å². The highest BCUT2D eigenvalue weighted by atomic mass is 32.3. The van der Waals surface area contributed by atoms with Crippen molar-refractivity contribution in [2.75, 3.05) is 17.2 Å². The van der Waals surface area contributed by atoms with Gasteiger partial charge in [0, 0.05) is 30.5 Å².